The van der Waals surface area contributed by atoms with Crippen molar-refractivity contribution in [2.24, 2.45) is 0 Å². The Bertz CT molecular complexity index is 813. The lowest BCUT2D eigenvalue weighted by molar-refractivity contribution is 0.337. The molecule has 0 aliphatic heterocycles. The summed E-state index contributed by atoms with van der Waals surface area (Å²) in [5.41, 5.74) is 3.04. The Morgan fingerprint density at radius 1 is 1.21 bits per heavy atom. The van der Waals surface area contributed by atoms with Gasteiger partial charge in [0, 0.05) is 11.4 Å². The van der Waals surface area contributed by atoms with Crippen LogP contribution >= 0.6 is 11.8 Å². The molecule has 24 heavy (non-hydrogen) atoms. The van der Waals surface area contributed by atoms with Crippen molar-refractivity contribution in [3.05, 3.63) is 41.7 Å². The molecular weight excluding hydrogens is 324 g/mol. The molecule has 0 spiro atoms. The van der Waals surface area contributed by atoms with E-state index in [2.05, 4.69) is 33.6 Å². The average Bonchev–Trinajstić information content (AvgIpc) is 3.15. The molecule has 0 bridgehead atoms. The Morgan fingerprint density at radius 3 is 2.79 bits per heavy atom. The second-order valence-electron chi connectivity index (χ2n) is 5.27. The maximum absolute atomic E-state index is 5.67. The van der Waals surface area contributed by atoms with Crippen LogP contribution in [0.1, 0.15) is 18.3 Å². The minimum Gasteiger partial charge on any atom is -0.492 e. The van der Waals surface area contributed by atoms with Crippen molar-refractivity contribution >= 4 is 11.8 Å². The van der Waals surface area contributed by atoms with Gasteiger partial charge >= 0.3 is 0 Å². The largest absolute Gasteiger partial charge is 0.492 e. The molecule has 2 aromatic heterocycles. The third-order valence-corrected chi connectivity index (χ3v) is 4.37. The Labute approximate surface area is 145 Å². The van der Waals surface area contributed by atoms with E-state index in [-0.39, 0.29) is 0 Å². The summed E-state index contributed by atoms with van der Waals surface area (Å²) in [6, 6.07) is 9.84. The van der Waals surface area contributed by atoms with E-state index >= 15 is 0 Å². The van der Waals surface area contributed by atoms with E-state index in [0.29, 0.717) is 6.61 Å². The highest BCUT2D eigenvalue weighted by Crippen LogP contribution is 2.26. The lowest BCUT2D eigenvalue weighted by Gasteiger charge is -2.10. The van der Waals surface area contributed by atoms with Gasteiger partial charge in [0.15, 0.2) is 0 Å². The van der Waals surface area contributed by atoms with E-state index in [4.69, 9.17) is 4.74 Å². The Morgan fingerprint density at radius 2 is 2.04 bits per heavy atom. The number of tetrazole rings is 1. The molecule has 0 saturated carbocycles. The van der Waals surface area contributed by atoms with Crippen LogP contribution in [-0.2, 0) is 6.54 Å². The number of hydrogen-bond donors (Lipinski definition) is 0. The molecule has 0 atom stereocenters. The first-order chi connectivity index (χ1) is 11.7. The molecule has 1 aromatic carbocycles. The number of nitrogens with zero attached hydrogens (tertiary/aromatic N) is 6. The fraction of sp³-hybridized carbons (Fsp3) is 0.375. The number of aromatic nitrogens is 6. The molecule has 0 N–H and O–H groups in total. The summed E-state index contributed by atoms with van der Waals surface area (Å²) >= 11 is 1.60. The maximum atomic E-state index is 5.67. The highest BCUT2D eigenvalue weighted by atomic mass is 32.2. The van der Waals surface area contributed by atoms with E-state index in [1.54, 1.807) is 16.4 Å². The summed E-state index contributed by atoms with van der Waals surface area (Å²) in [5, 5.41) is 17.3. The zero-order chi connectivity index (χ0) is 16.9. The predicted molar refractivity (Wildman–Crippen MR) is 92.7 cm³/mol. The van der Waals surface area contributed by atoms with Crippen molar-refractivity contribution in [1.82, 2.24) is 30.0 Å². The number of ether oxygens (including phenoxy) is 1. The van der Waals surface area contributed by atoms with Crippen LogP contribution in [0.2, 0.25) is 0 Å². The van der Waals surface area contributed by atoms with Gasteiger partial charge in [-0.25, -0.2) is 0 Å². The Balaban J connectivity index is 1.73. The van der Waals surface area contributed by atoms with Gasteiger partial charge in [-0.15, -0.1) is 5.10 Å². The van der Waals surface area contributed by atoms with Crippen LogP contribution in [0.25, 0.3) is 5.69 Å². The standard InChI is InChI=1S/C16H20N6OS/c1-4-23-15-8-6-5-7-14(15)22-16(17-19-20-22)24-10-9-21-13(3)11-12(2)18-21/h5-8,11H,4,9-10H2,1-3H3. The molecule has 126 valence electrons. The van der Waals surface area contributed by atoms with Gasteiger partial charge in [0.25, 0.3) is 0 Å². The van der Waals surface area contributed by atoms with Crippen molar-refractivity contribution < 1.29 is 4.74 Å². The number of hydrogen-bond acceptors (Lipinski definition) is 6. The van der Waals surface area contributed by atoms with Gasteiger partial charge in [-0.1, -0.05) is 23.9 Å². The van der Waals surface area contributed by atoms with Crippen LogP contribution in [-0.4, -0.2) is 42.3 Å². The molecule has 2 heterocycles. The molecule has 0 fully saturated rings. The van der Waals surface area contributed by atoms with Crippen LogP contribution in [0.4, 0.5) is 0 Å². The number of aryl methyl sites for hydroxylation is 3. The van der Waals surface area contributed by atoms with Gasteiger partial charge in [-0.2, -0.15) is 9.78 Å². The van der Waals surface area contributed by atoms with Crippen molar-refractivity contribution in [1.29, 1.82) is 0 Å². The molecule has 0 amide bonds. The molecule has 0 saturated heterocycles. The lowest BCUT2D eigenvalue weighted by Crippen LogP contribution is -2.07. The first-order valence-corrected chi connectivity index (χ1v) is 8.82. The number of rotatable bonds is 7. The zero-order valence-corrected chi connectivity index (χ0v) is 14.8. The van der Waals surface area contributed by atoms with Crippen molar-refractivity contribution in [2.45, 2.75) is 32.5 Å². The predicted octanol–water partition coefficient (Wildman–Crippen LogP) is 2.67. The van der Waals surface area contributed by atoms with Crippen LogP contribution in [0.15, 0.2) is 35.5 Å². The van der Waals surface area contributed by atoms with E-state index in [1.807, 2.05) is 42.8 Å². The summed E-state index contributed by atoms with van der Waals surface area (Å²) in [5.74, 6) is 1.60. The molecular formula is C16H20N6OS. The molecule has 0 aliphatic carbocycles. The molecule has 0 aliphatic rings. The highest BCUT2D eigenvalue weighted by Gasteiger charge is 2.13. The minimum absolute atomic E-state index is 0.597. The summed E-state index contributed by atoms with van der Waals surface area (Å²) in [4.78, 5) is 0. The quantitative estimate of drug-likeness (QED) is 0.614. The van der Waals surface area contributed by atoms with Gasteiger partial charge in [-0.3, -0.25) is 4.68 Å². The van der Waals surface area contributed by atoms with Crippen molar-refractivity contribution in [2.75, 3.05) is 12.4 Å². The van der Waals surface area contributed by atoms with E-state index in [9.17, 15) is 0 Å². The molecule has 7 nitrogen and oxygen atoms in total. The summed E-state index contributed by atoms with van der Waals surface area (Å²) in [6.07, 6.45) is 0. The number of thioether (sulfide) groups is 1. The summed E-state index contributed by atoms with van der Waals surface area (Å²) < 4.78 is 9.39. The molecule has 8 heteroatoms. The second-order valence-corrected chi connectivity index (χ2v) is 6.33. The second kappa shape index (κ2) is 7.48. The Kier molecular flexibility index (Phi) is 5.14. The minimum atomic E-state index is 0.597. The van der Waals surface area contributed by atoms with Crippen LogP contribution in [0.5, 0.6) is 5.75 Å². The van der Waals surface area contributed by atoms with E-state index in [1.165, 1.54) is 0 Å². The molecule has 3 aromatic rings. The first kappa shape index (κ1) is 16.5. The monoisotopic (exact) mass is 344 g/mol. The van der Waals surface area contributed by atoms with Crippen molar-refractivity contribution in [3.63, 3.8) is 0 Å². The van der Waals surface area contributed by atoms with Gasteiger partial charge in [0.2, 0.25) is 5.16 Å². The molecule has 0 unspecified atom stereocenters. The van der Waals surface area contributed by atoms with Gasteiger partial charge in [0.1, 0.15) is 11.4 Å². The normalized spacial score (nSPS) is 11.0. The number of para-hydroxylation sites is 2. The van der Waals surface area contributed by atoms with Gasteiger partial charge < -0.3 is 4.74 Å². The van der Waals surface area contributed by atoms with Crippen LogP contribution < -0.4 is 4.74 Å². The fourth-order valence-corrected chi connectivity index (χ4v) is 3.25. The topological polar surface area (TPSA) is 70.7 Å². The first-order valence-electron chi connectivity index (χ1n) is 7.83. The highest BCUT2D eigenvalue weighted by molar-refractivity contribution is 7.99. The van der Waals surface area contributed by atoms with Crippen molar-refractivity contribution in [3.8, 4) is 11.4 Å². The van der Waals surface area contributed by atoms with E-state index < -0.39 is 0 Å². The fourth-order valence-electron chi connectivity index (χ4n) is 2.45. The SMILES string of the molecule is CCOc1ccccc1-n1nnnc1SCCn1nc(C)cc1C. The van der Waals surface area contributed by atoms with Crippen LogP contribution in [0, 0.1) is 13.8 Å². The summed E-state index contributed by atoms with van der Waals surface area (Å²) in [6.45, 7) is 7.43. The smallest absolute Gasteiger partial charge is 0.214 e. The third kappa shape index (κ3) is 3.59. The molecule has 3 rings (SSSR count). The van der Waals surface area contributed by atoms with Gasteiger partial charge in [0.05, 0.1) is 18.8 Å². The van der Waals surface area contributed by atoms with Crippen LogP contribution in [0.3, 0.4) is 0 Å². The van der Waals surface area contributed by atoms with Gasteiger partial charge in [-0.05, 0) is 49.4 Å². The number of benzene rings is 1. The Hall–Kier alpha value is -2.35. The maximum Gasteiger partial charge on any atom is 0.214 e. The average molecular weight is 344 g/mol. The zero-order valence-electron chi connectivity index (χ0n) is 14.0. The third-order valence-electron chi connectivity index (χ3n) is 3.47. The summed E-state index contributed by atoms with van der Waals surface area (Å²) in [7, 11) is 0. The van der Waals surface area contributed by atoms with E-state index in [0.717, 1.165) is 40.3 Å². The molecule has 0 radical (unpaired) electrons. The lowest BCUT2D eigenvalue weighted by atomic mass is 10.3.